The zero-order valence-corrected chi connectivity index (χ0v) is 17.2. The summed E-state index contributed by atoms with van der Waals surface area (Å²) in [4.78, 5) is 28.4. The van der Waals surface area contributed by atoms with Gasteiger partial charge in [0.2, 0.25) is 11.1 Å². The molecule has 0 bridgehead atoms. The van der Waals surface area contributed by atoms with Crippen molar-refractivity contribution >= 4 is 29.3 Å². The lowest BCUT2D eigenvalue weighted by Crippen LogP contribution is -2.15. The van der Waals surface area contributed by atoms with Gasteiger partial charge in [-0.15, -0.1) is 5.10 Å². The molecule has 8 heteroatoms. The van der Waals surface area contributed by atoms with E-state index in [1.54, 1.807) is 38.1 Å². The number of esters is 1. The number of hydrogen-bond donors (Lipinski definition) is 2. The SMILES string of the molecule is Cc1ccc(-c2nc(SCC(=O)Nc3ccc(C(=O)OC(C)C)cc3)n[nH]2)cc1. The summed E-state index contributed by atoms with van der Waals surface area (Å²) in [6.07, 6.45) is -0.180. The van der Waals surface area contributed by atoms with E-state index in [1.807, 2.05) is 31.2 Å². The average Bonchev–Trinajstić information content (AvgIpc) is 3.16. The van der Waals surface area contributed by atoms with Gasteiger partial charge in [0.25, 0.3) is 0 Å². The Balaban J connectivity index is 1.51. The molecule has 2 aromatic carbocycles. The van der Waals surface area contributed by atoms with Crippen LogP contribution in [0.3, 0.4) is 0 Å². The van der Waals surface area contributed by atoms with Crippen LogP contribution in [0.5, 0.6) is 0 Å². The van der Waals surface area contributed by atoms with Crippen molar-refractivity contribution in [3.05, 3.63) is 59.7 Å². The standard InChI is InChI=1S/C21H22N4O3S/c1-13(2)28-20(27)16-8-10-17(11-9-16)22-18(26)12-29-21-23-19(24-25-21)15-6-4-14(3)5-7-15/h4-11,13H,12H2,1-3H3,(H,22,26)(H,23,24,25). The highest BCUT2D eigenvalue weighted by Gasteiger charge is 2.11. The van der Waals surface area contributed by atoms with E-state index in [-0.39, 0.29) is 23.7 Å². The molecule has 1 aromatic heterocycles. The predicted molar refractivity (Wildman–Crippen MR) is 113 cm³/mol. The monoisotopic (exact) mass is 410 g/mol. The van der Waals surface area contributed by atoms with Gasteiger partial charge in [-0.2, -0.15) is 0 Å². The third-order valence-corrected chi connectivity index (χ3v) is 4.72. The number of rotatable bonds is 7. The first-order valence-corrected chi connectivity index (χ1v) is 10.1. The molecule has 1 amide bonds. The molecule has 0 atom stereocenters. The van der Waals surface area contributed by atoms with Gasteiger partial charge in [-0.1, -0.05) is 41.6 Å². The lowest BCUT2D eigenvalue weighted by atomic mass is 10.1. The van der Waals surface area contributed by atoms with Gasteiger partial charge in [-0.05, 0) is 45.0 Å². The van der Waals surface area contributed by atoms with Crippen molar-refractivity contribution in [3.63, 3.8) is 0 Å². The lowest BCUT2D eigenvalue weighted by molar-refractivity contribution is -0.113. The fraction of sp³-hybridized carbons (Fsp3) is 0.238. The molecule has 3 rings (SSSR count). The van der Waals surface area contributed by atoms with Crippen molar-refractivity contribution < 1.29 is 14.3 Å². The molecule has 0 aliphatic carbocycles. The third-order valence-electron chi connectivity index (χ3n) is 3.87. The van der Waals surface area contributed by atoms with Gasteiger partial charge < -0.3 is 10.1 Å². The number of H-pyrrole nitrogens is 1. The molecule has 0 aliphatic heterocycles. The van der Waals surface area contributed by atoms with Crippen LogP contribution in [-0.4, -0.2) is 38.9 Å². The van der Waals surface area contributed by atoms with Crippen LogP contribution in [-0.2, 0) is 9.53 Å². The summed E-state index contributed by atoms with van der Waals surface area (Å²) in [5, 5.41) is 10.3. The first-order chi connectivity index (χ1) is 13.9. The van der Waals surface area contributed by atoms with Crippen molar-refractivity contribution in [2.75, 3.05) is 11.1 Å². The highest BCUT2D eigenvalue weighted by Crippen LogP contribution is 2.20. The first-order valence-electron chi connectivity index (χ1n) is 9.14. The number of amides is 1. The number of carbonyl (C=O) groups excluding carboxylic acids is 2. The average molecular weight is 410 g/mol. The number of hydrogen-bond acceptors (Lipinski definition) is 6. The second-order valence-corrected chi connectivity index (χ2v) is 7.64. The number of anilines is 1. The van der Waals surface area contributed by atoms with Crippen LogP contribution in [0.15, 0.2) is 53.7 Å². The van der Waals surface area contributed by atoms with Crippen molar-refractivity contribution in [3.8, 4) is 11.4 Å². The summed E-state index contributed by atoms with van der Waals surface area (Å²) in [5.41, 5.74) is 3.15. The topological polar surface area (TPSA) is 97.0 Å². The fourth-order valence-corrected chi connectivity index (χ4v) is 3.05. The van der Waals surface area contributed by atoms with Gasteiger partial charge in [0.15, 0.2) is 5.82 Å². The molecule has 2 N–H and O–H groups in total. The Labute approximate surface area is 173 Å². The maximum Gasteiger partial charge on any atom is 0.338 e. The van der Waals surface area contributed by atoms with Gasteiger partial charge in [0.1, 0.15) is 0 Å². The number of aromatic amines is 1. The predicted octanol–water partition coefficient (Wildman–Crippen LogP) is 4.08. The molecular weight excluding hydrogens is 388 g/mol. The molecule has 1 heterocycles. The molecule has 7 nitrogen and oxygen atoms in total. The van der Waals surface area contributed by atoms with Crippen molar-refractivity contribution in [1.29, 1.82) is 0 Å². The van der Waals surface area contributed by atoms with E-state index in [0.717, 1.165) is 5.56 Å². The van der Waals surface area contributed by atoms with E-state index in [1.165, 1.54) is 17.3 Å². The molecule has 150 valence electrons. The Morgan fingerprint density at radius 1 is 1.10 bits per heavy atom. The van der Waals surface area contributed by atoms with E-state index in [0.29, 0.717) is 22.2 Å². The molecule has 0 spiro atoms. The zero-order chi connectivity index (χ0) is 20.8. The summed E-state index contributed by atoms with van der Waals surface area (Å²) in [6, 6.07) is 14.5. The Hall–Kier alpha value is -3.13. The normalized spacial score (nSPS) is 10.8. The number of aromatic nitrogens is 3. The van der Waals surface area contributed by atoms with Crippen LogP contribution in [0.25, 0.3) is 11.4 Å². The van der Waals surface area contributed by atoms with Gasteiger partial charge in [0.05, 0.1) is 17.4 Å². The minimum Gasteiger partial charge on any atom is -0.459 e. The number of benzene rings is 2. The molecule has 0 saturated heterocycles. The number of aryl methyl sites for hydroxylation is 1. The van der Waals surface area contributed by atoms with Crippen LogP contribution in [0.4, 0.5) is 5.69 Å². The van der Waals surface area contributed by atoms with Crippen LogP contribution in [0, 0.1) is 6.92 Å². The van der Waals surface area contributed by atoms with E-state index in [4.69, 9.17) is 4.74 Å². The fourth-order valence-electron chi connectivity index (χ4n) is 2.45. The van der Waals surface area contributed by atoms with Crippen molar-refractivity contribution in [2.24, 2.45) is 0 Å². The molecule has 3 aromatic rings. The Morgan fingerprint density at radius 2 is 1.79 bits per heavy atom. The zero-order valence-electron chi connectivity index (χ0n) is 16.4. The van der Waals surface area contributed by atoms with E-state index >= 15 is 0 Å². The van der Waals surface area contributed by atoms with Crippen LogP contribution >= 0.6 is 11.8 Å². The highest BCUT2D eigenvalue weighted by atomic mass is 32.2. The summed E-state index contributed by atoms with van der Waals surface area (Å²) < 4.78 is 5.14. The van der Waals surface area contributed by atoms with Crippen molar-refractivity contribution in [2.45, 2.75) is 32.0 Å². The van der Waals surface area contributed by atoms with E-state index < -0.39 is 0 Å². The molecule has 0 saturated carbocycles. The lowest BCUT2D eigenvalue weighted by Gasteiger charge is -2.08. The number of thioether (sulfide) groups is 1. The van der Waals surface area contributed by atoms with Gasteiger partial charge in [-0.3, -0.25) is 9.89 Å². The summed E-state index contributed by atoms with van der Waals surface area (Å²) in [6.45, 7) is 5.61. The summed E-state index contributed by atoms with van der Waals surface area (Å²) in [5.74, 6) is 0.260. The van der Waals surface area contributed by atoms with Gasteiger partial charge >= 0.3 is 5.97 Å². The smallest absolute Gasteiger partial charge is 0.338 e. The second kappa shape index (κ2) is 9.38. The number of nitrogens with zero attached hydrogens (tertiary/aromatic N) is 2. The Morgan fingerprint density at radius 3 is 2.45 bits per heavy atom. The quantitative estimate of drug-likeness (QED) is 0.450. The van der Waals surface area contributed by atoms with Crippen molar-refractivity contribution in [1.82, 2.24) is 15.2 Å². The molecule has 0 radical (unpaired) electrons. The molecule has 29 heavy (non-hydrogen) atoms. The molecule has 0 aliphatic rings. The first kappa shape index (κ1) is 20.6. The highest BCUT2D eigenvalue weighted by molar-refractivity contribution is 7.99. The van der Waals surface area contributed by atoms with Crippen LogP contribution in [0.1, 0.15) is 29.8 Å². The molecule has 0 unspecified atom stereocenters. The van der Waals surface area contributed by atoms with Gasteiger partial charge in [0, 0.05) is 11.3 Å². The number of ether oxygens (including phenoxy) is 1. The van der Waals surface area contributed by atoms with Gasteiger partial charge in [-0.25, -0.2) is 9.78 Å². The maximum atomic E-state index is 12.2. The van der Waals surface area contributed by atoms with Crippen LogP contribution in [0.2, 0.25) is 0 Å². The molecule has 0 fully saturated rings. The van der Waals surface area contributed by atoms with E-state index in [2.05, 4.69) is 20.5 Å². The molecular formula is C21H22N4O3S. The Kier molecular flexibility index (Phi) is 6.66. The minimum absolute atomic E-state index is 0.169. The number of nitrogens with one attached hydrogen (secondary N) is 2. The maximum absolute atomic E-state index is 12.2. The summed E-state index contributed by atoms with van der Waals surface area (Å²) >= 11 is 1.24. The van der Waals surface area contributed by atoms with Crippen LogP contribution < -0.4 is 5.32 Å². The summed E-state index contributed by atoms with van der Waals surface area (Å²) in [7, 11) is 0. The Bertz CT molecular complexity index is 982. The third kappa shape index (κ3) is 5.92. The minimum atomic E-state index is -0.387. The largest absolute Gasteiger partial charge is 0.459 e. The van der Waals surface area contributed by atoms with E-state index in [9.17, 15) is 9.59 Å². The number of carbonyl (C=O) groups is 2. The second-order valence-electron chi connectivity index (χ2n) is 6.70.